The fourth-order valence-corrected chi connectivity index (χ4v) is 3.21. The van der Waals surface area contributed by atoms with Crippen LogP contribution in [0.15, 0.2) is 55.2 Å². The van der Waals surface area contributed by atoms with Crippen LogP contribution in [0.5, 0.6) is 0 Å². The summed E-state index contributed by atoms with van der Waals surface area (Å²) >= 11 is 0. The number of nitrogens with zero attached hydrogens (tertiary/aromatic N) is 5. The summed E-state index contributed by atoms with van der Waals surface area (Å²) in [4.78, 5) is 20.1. The van der Waals surface area contributed by atoms with E-state index in [0.29, 0.717) is 0 Å². The van der Waals surface area contributed by atoms with Gasteiger partial charge >= 0.3 is 0 Å². The molecule has 0 spiro atoms. The second-order valence-corrected chi connectivity index (χ2v) is 5.98. The molecule has 0 aromatic carbocycles. The Morgan fingerprint density at radius 1 is 0.875 bits per heavy atom. The van der Waals surface area contributed by atoms with Crippen molar-refractivity contribution < 1.29 is 0 Å². The number of aromatic nitrogens is 4. The van der Waals surface area contributed by atoms with Crippen LogP contribution in [-0.4, -0.2) is 37.9 Å². The highest BCUT2D eigenvalue weighted by Gasteiger charge is 2.19. The van der Waals surface area contributed by atoms with Crippen LogP contribution in [0.2, 0.25) is 0 Å². The number of pyridine rings is 2. The zero-order chi connectivity index (χ0) is 16.2. The summed E-state index contributed by atoms with van der Waals surface area (Å²) in [6.45, 7) is 2.87. The van der Waals surface area contributed by atoms with Crippen molar-refractivity contribution >= 4 is 0 Å². The Labute approximate surface area is 141 Å². The second-order valence-electron chi connectivity index (χ2n) is 5.98. The normalized spacial score (nSPS) is 14.8. The average Bonchev–Trinajstić information content (AvgIpc) is 2.86. The molecule has 0 N–H and O–H groups in total. The summed E-state index contributed by atoms with van der Waals surface area (Å²) in [6, 6.07) is 10.1. The van der Waals surface area contributed by atoms with E-state index in [1.54, 1.807) is 6.33 Å². The number of hydrogen-bond donors (Lipinski definition) is 0. The second kappa shape index (κ2) is 6.84. The molecule has 5 heteroatoms. The summed E-state index contributed by atoms with van der Waals surface area (Å²) in [6.07, 6.45) is 9.07. The lowest BCUT2D eigenvalue weighted by atomic mass is 10.0. The van der Waals surface area contributed by atoms with E-state index in [4.69, 9.17) is 0 Å². The first kappa shape index (κ1) is 14.9. The maximum absolute atomic E-state index is 4.54. The summed E-state index contributed by atoms with van der Waals surface area (Å²) in [5.41, 5.74) is 5.71. The van der Waals surface area contributed by atoms with Crippen molar-refractivity contribution in [2.45, 2.75) is 19.4 Å². The van der Waals surface area contributed by atoms with Gasteiger partial charge in [0.2, 0.25) is 0 Å². The first-order chi connectivity index (χ1) is 11.9. The molecule has 0 amide bonds. The van der Waals surface area contributed by atoms with E-state index >= 15 is 0 Å². The predicted molar refractivity (Wildman–Crippen MR) is 92.2 cm³/mol. The molecule has 0 saturated carbocycles. The van der Waals surface area contributed by atoms with Crippen LogP contribution < -0.4 is 0 Å². The van der Waals surface area contributed by atoms with Gasteiger partial charge in [-0.05, 0) is 30.7 Å². The first-order valence-corrected chi connectivity index (χ1v) is 8.25. The SMILES string of the molecule is c1ccc(CN2CCc3ncnc(-c4ccncc4)c3CC2)nc1. The zero-order valence-electron chi connectivity index (χ0n) is 13.5. The Morgan fingerprint density at radius 2 is 1.75 bits per heavy atom. The van der Waals surface area contributed by atoms with Gasteiger partial charge in [0.25, 0.3) is 0 Å². The molecule has 1 aliphatic heterocycles. The maximum atomic E-state index is 4.54. The molecule has 0 radical (unpaired) electrons. The molecule has 0 unspecified atom stereocenters. The van der Waals surface area contributed by atoms with Gasteiger partial charge in [0.05, 0.1) is 11.4 Å². The van der Waals surface area contributed by atoms with Crippen molar-refractivity contribution in [2.75, 3.05) is 13.1 Å². The first-order valence-electron chi connectivity index (χ1n) is 8.25. The van der Waals surface area contributed by atoms with Crippen LogP contribution >= 0.6 is 0 Å². The highest BCUT2D eigenvalue weighted by molar-refractivity contribution is 5.63. The van der Waals surface area contributed by atoms with Crippen molar-refractivity contribution in [1.29, 1.82) is 0 Å². The van der Waals surface area contributed by atoms with Gasteiger partial charge in [-0.15, -0.1) is 0 Å². The topological polar surface area (TPSA) is 54.8 Å². The maximum Gasteiger partial charge on any atom is 0.116 e. The summed E-state index contributed by atoms with van der Waals surface area (Å²) < 4.78 is 0. The molecule has 24 heavy (non-hydrogen) atoms. The van der Waals surface area contributed by atoms with Crippen LogP contribution in [0, 0.1) is 0 Å². The van der Waals surface area contributed by atoms with Gasteiger partial charge in [0, 0.05) is 61.5 Å². The summed E-state index contributed by atoms with van der Waals surface area (Å²) in [7, 11) is 0. The molecule has 4 heterocycles. The van der Waals surface area contributed by atoms with Crippen molar-refractivity contribution in [1.82, 2.24) is 24.8 Å². The third-order valence-electron chi connectivity index (χ3n) is 4.44. The molecule has 0 bridgehead atoms. The van der Waals surface area contributed by atoms with Crippen molar-refractivity contribution in [3.05, 3.63) is 72.2 Å². The molecule has 5 nitrogen and oxygen atoms in total. The highest BCUT2D eigenvalue weighted by atomic mass is 15.1. The molecule has 1 aliphatic rings. The Hall–Kier alpha value is -2.66. The minimum atomic E-state index is 0.882. The minimum Gasteiger partial charge on any atom is -0.297 e. The average molecular weight is 317 g/mol. The largest absolute Gasteiger partial charge is 0.297 e. The number of rotatable bonds is 3. The fraction of sp³-hybridized carbons (Fsp3) is 0.263. The van der Waals surface area contributed by atoms with Crippen LogP contribution in [0.3, 0.4) is 0 Å². The van der Waals surface area contributed by atoms with Crippen molar-refractivity contribution in [2.24, 2.45) is 0 Å². The molecule has 0 atom stereocenters. The summed E-state index contributed by atoms with van der Waals surface area (Å²) in [5, 5.41) is 0. The molecule has 3 aromatic heterocycles. The molecule has 4 rings (SSSR count). The molecule has 3 aromatic rings. The fourth-order valence-electron chi connectivity index (χ4n) is 3.21. The van der Waals surface area contributed by atoms with Crippen molar-refractivity contribution in [3.63, 3.8) is 0 Å². The van der Waals surface area contributed by atoms with E-state index in [1.807, 2.05) is 42.9 Å². The molecule has 120 valence electrons. The lowest BCUT2D eigenvalue weighted by Crippen LogP contribution is -2.26. The monoisotopic (exact) mass is 317 g/mol. The van der Waals surface area contributed by atoms with Gasteiger partial charge in [-0.1, -0.05) is 6.07 Å². The van der Waals surface area contributed by atoms with E-state index < -0.39 is 0 Å². The minimum absolute atomic E-state index is 0.882. The molecule has 0 fully saturated rings. The number of fused-ring (bicyclic) bond motifs is 1. The quantitative estimate of drug-likeness (QED) is 0.743. The molecular formula is C19H19N5. The predicted octanol–water partition coefficient (Wildman–Crippen LogP) is 2.53. The van der Waals surface area contributed by atoms with Crippen LogP contribution in [0.25, 0.3) is 11.3 Å². The van der Waals surface area contributed by atoms with E-state index in [2.05, 4.69) is 30.9 Å². The van der Waals surface area contributed by atoms with E-state index in [9.17, 15) is 0 Å². The third-order valence-corrected chi connectivity index (χ3v) is 4.44. The van der Waals surface area contributed by atoms with E-state index in [-0.39, 0.29) is 0 Å². The lowest BCUT2D eigenvalue weighted by Gasteiger charge is -2.18. The lowest BCUT2D eigenvalue weighted by molar-refractivity contribution is 0.275. The van der Waals surface area contributed by atoms with E-state index in [1.165, 1.54) is 11.3 Å². The molecule has 0 aliphatic carbocycles. The third kappa shape index (κ3) is 3.16. The molecular weight excluding hydrogens is 298 g/mol. The van der Waals surface area contributed by atoms with Crippen LogP contribution in [-0.2, 0) is 19.4 Å². The van der Waals surface area contributed by atoms with Crippen molar-refractivity contribution in [3.8, 4) is 11.3 Å². The van der Waals surface area contributed by atoms with Gasteiger partial charge in [-0.2, -0.15) is 0 Å². The Kier molecular flexibility index (Phi) is 4.25. The van der Waals surface area contributed by atoms with Crippen LogP contribution in [0.1, 0.15) is 17.0 Å². The van der Waals surface area contributed by atoms with Crippen LogP contribution in [0.4, 0.5) is 0 Å². The Bertz CT molecular complexity index is 805. The zero-order valence-corrected chi connectivity index (χ0v) is 13.5. The van der Waals surface area contributed by atoms with Gasteiger partial charge in [0.15, 0.2) is 0 Å². The molecule has 0 saturated heterocycles. The van der Waals surface area contributed by atoms with E-state index in [0.717, 1.165) is 49.4 Å². The van der Waals surface area contributed by atoms with Gasteiger partial charge in [0.1, 0.15) is 6.33 Å². The number of hydrogen-bond acceptors (Lipinski definition) is 5. The Balaban J connectivity index is 1.57. The standard InChI is InChI=1S/C19H19N5/c1-2-8-21-16(3-1)13-24-11-6-17-18(7-12-24)22-14-23-19(17)15-4-9-20-10-5-15/h1-5,8-10,14H,6-7,11-13H2. The Morgan fingerprint density at radius 3 is 2.58 bits per heavy atom. The smallest absolute Gasteiger partial charge is 0.116 e. The highest BCUT2D eigenvalue weighted by Crippen LogP contribution is 2.25. The van der Waals surface area contributed by atoms with Gasteiger partial charge < -0.3 is 0 Å². The van der Waals surface area contributed by atoms with Gasteiger partial charge in [-0.3, -0.25) is 14.9 Å². The van der Waals surface area contributed by atoms with Gasteiger partial charge in [-0.25, -0.2) is 9.97 Å². The summed E-state index contributed by atoms with van der Waals surface area (Å²) in [5.74, 6) is 0.